The van der Waals surface area contributed by atoms with Crippen molar-refractivity contribution in [2.45, 2.75) is 57.2 Å². The molecule has 0 unspecified atom stereocenters. The quantitative estimate of drug-likeness (QED) is 0.321. The fourth-order valence-corrected chi connectivity index (χ4v) is 8.23. The van der Waals surface area contributed by atoms with Gasteiger partial charge < -0.3 is 20.4 Å². The highest BCUT2D eigenvalue weighted by Crippen LogP contribution is 2.54. The average molecular weight is 671 g/mol. The molecular weight excluding hydrogens is 625 g/mol. The Morgan fingerprint density at radius 3 is 2.15 bits per heavy atom. The Morgan fingerprint density at radius 2 is 1.54 bits per heavy atom. The van der Waals surface area contributed by atoms with Crippen LogP contribution in [-0.2, 0) is 26.7 Å². The van der Waals surface area contributed by atoms with Crippen LogP contribution in [0, 0.1) is 22.7 Å². The van der Waals surface area contributed by atoms with Crippen LogP contribution in [0.4, 0.5) is 0 Å². The third-order valence-corrected chi connectivity index (χ3v) is 11.9. The first kappa shape index (κ1) is 33.8. The van der Waals surface area contributed by atoms with E-state index in [1.54, 1.807) is 40.8 Å². The molecule has 1 aromatic heterocycles. The molecule has 2 saturated heterocycles. The molecule has 0 radical (unpaired) electrons. The first-order chi connectivity index (χ1) is 22.8. The van der Waals surface area contributed by atoms with Gasteiger partial charge in [-0.2, -0.15) is 5.10 Å². The van der Waals surface area contributed by atoms with E-state index < -0.39 is 22.1 Å². The second kappa shape index (κ2) is 13.1. The number of hydrogen-bond acceptors (Lipinski definition) is 6. The molecule has 3 atom stereocenters. The lowest BCUT2D eigenvalue weighted by molar-refractivity contribution is -0.152. The maximum absolute atomic E-state index is 14.3. The number of benzene rings is 2. The molecule has 2 N–H and O–H groups in total. The summed E-state index contributed by atoms with van der Waals surface area (Å²) in [6.07, 6.45) is 4.18. The number of carbonyl (C=O) groups is 4. The molecule has 4 amide bonds. The zero-order valence-electron chi connectivity index (χ0n) is 28.4. The van der Waals surface area contributed by atoms with Crippen molar-refractivity contribution >= 4 is 35.4 Å². The van der Waals surface area contributed by atoms with E-state index in [9.17, 15) is 19.2 Å². The molecule has 3 aliphatic rings. The first-order valence-electron chi connectivity index (χ1n) is 16.7. The number of aromatic nitrogens is 2. The van der Waals surface area contributed by atoms with Crippen molar-refractivity contribution in [3.8, 4) is 0 Å². The van der Waals surface area contributed by atoms with Gasteiger partial charge in [-0.1, -0.05) is 74.5 Å². The Balaban J connectivity index is 1.20. The summed E-state index contributed by atoms with van der Waals surface area (Å²) in [5, 5.41) is 10.3. The highest BCUT2D eigenvalue weighted by molar-refractivity contribution is 7.99. The van der Waals surface area contributed by atoms with E-state index in [0.717, 1.165) is 17.5 Å². The third kappa shape index (κ3) is 6.88. The minimum atomic E-state index is -0.813. The maximum atomic E-state index is 14.3. The molecule has 2 aromatic carbocycles. The molecule has 3 fully saturated rings. The predicted octanol–water partition coefficient (Wildman–Crippen LogP) is 3.82. The maximum Gasteiger partial charge on any atom is 0.257 e. The van der Waals surface area contributed by atoms with Crippen molar-refractivity contribution in [2.75, 3.05) is 33.2 Å². The van der Waals surface area contributed by atoms with Gasteiger partial charge >= 0.3 is 0 Å². The van der Waals surface area contributed by atoms with Gasteiger partial charge in [0.2, 0.25) is 17.7 Å². The Labute approximate surface area is 287 Å². The molecule has 11 heteroatoms. The smallest absolute Gasteiger partial charge is 0.257 e. The molecule has 0 bridgehead atoms. The molecule has 2 aliphatic heterocycles. The summed E-state index contributed by atoms with van der Waals surface area (Å²) < 4.78 is 1.10. The minimum absolute atomic E-state index is 0.00205. The van der Waals surface area contributed by atoms with Crippen molar-refractivity contribution in [3.63, 3.8) is 0 Å². The summed E-state index contributed by atoms with van der Waals surface area (Å²) in [4.78, 5) is 58.3. The van der Waals surface area contributed by atoms with Crippen LogP contribution in [0.15, 0.2) is 73.1 Å². The van der Waals surface area contributed by atoms with Gasteiger partial charge in [-0.25, -0.2) is 0 Å². The van der Waals surface area contributed by atoms with E-state index >= 15 is 0 Å². The Kier molecular flexibility index (Phi) is 9.19. The summed E-state index contributed by atoms with van der Waals surface area (Å²) in [6, 6.07) is 19.1. The van der Waals surface area contributed by atoms with Gasteiger partial charge in [-0.05, 0) is 36.8 Å². The number of carbonyl (C=O) groups excluding carboxylic acids is 4. The Bertz CT molecular complexity index is 1670. The van der Waals surface area contributed by atoms with Crippen molar-refractivity contribution < 1.29 is 19.2 Å². The number of hydrogen-bond donors (Lipinski definition) is 2. The molecule has 1 aliphatic carbocycles. The van der Waals surface area contributed by atoms with Crippen LogP contribution in [0.3, 0.4) is 0 Å². The highest BCUT2D eigenvalue weighted by Gasteiger charge is 2.62. The number of rotatable bonds is 11. The average Bonchev–Trinajstić information content (AvgIpc) is 3.37. The molecule has 3 aromatic rings. The van der Waals surface area contributed by atoms with Crippen molar-refractivity contribution in [3.05, 3.63) is 89.7 Å². The molecule has 1 saturated carbocycles. The van der Waals surface area contributed by atoms with Gasteiger partial charge in [0.05, 0.1) is 24.2 Å². The van der Waals surface area contributed by atoms with E-state index in [-0.39, 0.29) is 41.5 Å². The fraction of sp³-hybridized carbons (Fsp3) is 0.486. The molecule has 254 valence electrons. The van der Waals surface area contributed by atoms with Gasteiger partial charge in [0, 0.05) is 61.3 Å². The third-order valence-electron chi connectivity index (χ3n) is 10.4. The first-order valence-corrected chi connectivity index (χ1v) is 17.6. The summed E-state index contributed by atoms with van der Waals surface area (Å²) in [5.41, 5.74) is 2.06. The molecule has 1 spiro atoms. The molecule has 6 rings (SSSR count). The molecule has 10 nitrogen and oxygen atoms in total. The van der Waals surface area contributed by atoms with Crippen LogP contribution in [-0.4, -0.2) is 87.2 Å². The monoisotopic (exact) mass is 670 g/mol. The highest BCUT2D eigenvalue weighted by atomic mass is 32.2. The summed E-state index contributed by atoms with van der Waals surface area (Å²) in [7, 11) is 1.57. The largest absolute Gasteiger partial charge is 0.357 e. The predicted molar refractivity (Wildman–Crippen MR) is 186 cm³/mol. The SMILES string of the molecule is CNC(=O)[C@@H](NC(=O)[C@H]1CN(C(=O)c2cnn(Cc3ccccc3)c2)CC12CN(C(=O)[C@H]1CC1(C)C)C2)C(C)(C)SCc1ccccc1. The van der Waals surface area contributed by atoms with Crippen LogP contribution in [0.2, 0.25) is 0 Å². The summed E-state index contributed by atoms with van der Waals surface area (Å²) in [5.74, 6) is -0.528. The number of likely N-dealkylation sites (tertiary alicyclic amines) is 2. The second-order valence-electron chi connectivity index (χ2n) is 14.9. The minimum Gasteiger partial charge on any atom is -0.357 e. The molecule has 3 heterocycles. The number of likely N-dealkylation sites (N-methyl/N-ethyl adjacent to an activating group) is 1. The van der Waals surface area contributed by atoms with Gasteiger partial charge in [0.15, 0.2) is 0 Å². The Morgan fingerprint density at radius 1 is 0.938 bits per heavy atom. The van der Waals surface area contributed by atoms with Crippen molar-refractivity contribution in [1.29, 1.82) is 0 Å². The second-order valence-corrected chi connectivity index (χ2v) is 16.5. The van der Waals surface area contributed by atoms with Gasteiger partial charge in [-0.15, -0.1) is 11.8 Å². The summed E-state index contributed by atoms with van der Waals surface area (Å²) >= 11 is 1.61. The van der Waals surface area contributed by atoms with Gasteiger partial charge in [-0.3, -0.25) is 23.9 Å². The lowest BCUT2D eigenvalue weighted by Gasteiger charge is -2.51. The standard InChI is InChI=1S/C37H46N6O4S/c1-35(2)16-28(35)34(47)42-23-37(24-42)22-41(33(46)27-17-39-43(19-27)18-25-12-8-6-9-13-25)20-29(37)31(44)40-30(32(45)38-5)36(3,4)48-21-26-14-10-7-11-15-26/h6-15,17,19,28-30H,16,18,20-24H2,1-5H3,(H,38,45)(H,40,44)/t28-,29-,30-/m1/s1. The van der Waals surface area contributed by atoms with Crippen LogP contribution >= 0.6 is 11.8 Å². The number of thioether (sulfide) groups is 1. The van der Waals surface area contributed by atoms with Crippen molar-refractivity contribution in [1.82, 2.24) is 30.2 Å². The fourth-order valence-electron chi connectivity index (χ4n) is 7.17. The molecule has 48 heavy (non-hydrogen) atoms. The number of nitrogens with zero attached hydrogens (tertiary/aromatic N) is 4. The van der Waals surface area contributed by atoms with E-state index in [0.29, 0.717) is 37.5 Å². The zero-order chi connectivity index (χ0) is 34.3. The number of nitrogens with one attached hydrogen (secondary N) is 2. The van der Waals surface area contributed by atoms with Gasteiger partial charge in [0.25, 0.3) is 5.91 Å². The van der Waals surface area contributed by atoms with E-state index in [4.69, 9.17) is 0 Å². The molecular formula is C37H46N6O4S. The van der Waals surface area contributed by atoms with Crippen molar-refractivity contribution in [2.24, 2.45) is 22.7 Å². The normalized spacial score (nSPS) is 21.4. The lowest BCUT2D eigenvalue weighted by Crippen LogP contribution is -2.66. The topological polar surface area (TPSA) is 117 Å². The van der Waals surface area contributed by atoms with Gasteiger partial charge in [0.1, 0.15) is 6.04 Å². The lowest BCUT2D eigenvalue weighted by atomic mass is 9.70. The van der Waals surface area contributed by atoms with E-state index in [1.165, 1.54) is 0 Å². The Hall–Kier alpha value is -4.12. The van der Waals surface area contributed by atoms with Crippen LogP contribution in [0.5, 0.6) is 0 Å². The van der Waals surface area contributed by atoms with Crippen LogP contribution < -0.4 is 10.6 Å². The van der Waals surface area contributed by atoms with Crippen LogP contribution in [0.1, 0.15) is 55.6 Å². The van der Waals surface area contributed by atoms with E-state index in [1.807, 2.05) is 79.4 Å². The van der Waals surface area contributed by atoms with Crippen LogP contribution in [0.25, 0.3) is 0 Å². The zero-order valence-corrected chi connectivity index (χ0v) is 29.3. The van der Waals surface area contributed by atoms with E-state index in [2.05, 4.69) is 29.6 Å². The number of amides is 4. The summed E-state index contributed by atoms with van der Waals surface area (Å²) in [6.45, 7) is 10.0.